The highest BCUT2D eigenvalue weighted by Gasteiger charge is 2.19. The van der Waals surface area contributed by atoms with Gasteiger partial charge >= 0.3 is 0 Å². The number of nitrogens with one attached hydrogen (secondary N) is 2. The van der Waals surface area contributed by atoms with Crippen molar-refractivity contribution >= 4 is 34.1 Å². The molecule has 0 saturated heterocycles. The van der Waals surface area contributed by atoms with Gasteiger partial charge in [0, 0.05) is 40.4 Å². The Kier molecular flexibility index (Phi) is 5.58. The topological polar surface area (TPSA) is 98.0 Å². The fourth-order valence-electron chi connectivity index (χ4n) is 3.71. The number of hydrogen-bond acceptors (Lipinski definition) is 5. The van der Waals surface area contributed by atoms with E-state index in [1.54, 1.807) is 42.4 Å². The van der Waals surface area contributed by atoms with E-state index >= 15 is 0 Å². The maximum atomic E-state index is 12.8. The van der Waals surface area contributed by atoms with Crippen LogP contribution in [0.4, 0.5) is 5.69 Å². The zero-order valence-electron chi connectivity index (χ0n) is 17.7. The highest BCUT2D eigenvalue weighted by molar-refractivity contribution is 6.30. The lowest BCUT2D eigenvalue weighted by molar-refractivity contribution is 0.102. The smallest absolute Gasteiger partial charge is 0.278 e. The molecule has 0 spiro atoms. The molecule has 0 aliphatic rings. The van der Waals surface area contributed by atoms with Crippen molar-refractivity contribution < 1.29 is 13.9 Å². The SMILES string of the molecule is COc1ccc2[nH]cc(CCn3cc(NC(=O)c4ncoc4-c4cccc(Cl)c4)cn3)c2c1. The highest BCUT2D eigenvalue weighted by atomic mass is 35.5. The van der Waals surface area contributed by atoms with Gasteiger partial charge in [-0.1, -0.05) is 23.7 Å². The summed E-state index contributed by atoms with van der Waals surface area (Å²) in [6, 6.07) is 13.0. The van der Waals surface area contributed by atoms with E-state index in [-0.39, 0.29) is 11.6 Å². The normalized spacial score (nSPS) is 11.1. The predicted octanol–water partition coefficient (Wildman–Crippen LogP) is 5.18. The Balaban J connectivity index is 1.27. The van der Waals surface area contributed by atoms with E-state index in [1.165, 1.54) is 12.0 Å². The highest BCUT2D eigenvalue weighted by Crippen LogP contribution is 2.27. The molecule has 2 N–H and O–H groups in total. The summed E-state index contributed by atoms with van der Waals surface area (Å²) >= 11 is 6.06. The fraction of sp³-hybridized carbons (Fsp3) is 0.125. The van der Waals surface area contributed by atoms with Gasteiger partial charge in [0.05, 0.1) is 19.0 Å². The van der Waals surface area contributed by atoms with Gasteiger partial charge in [0.15, 0.2) is 17.8 Å². The largest absolute Gasteiger partial charge is 0.497 e. The zero-order valence-corrected chi connectivity index (χ0v) is 18.5. The van der Waals surface area contributed by atoms with E-state index in [4.69, 9.17) is 20.8 Å². The molecular weight excluding hydrogens is 442 g/mol. The summed E-state index contributed by atoms with van der Waals surface area (Å²) in [4.78, 5) is 20.1. The minimum atomic E-state index is -0.387. The number of fused-ring (bicyclic) bond motifs is 1. The summed E-state index contributed by atoms with van der Waals surface area (Å²) in [6.07, 6.45) is 7.40. The number of halogens is 1. The standard InChI is InChI=1S/C24H20ClN5O3/c1-32-19-5-6-21-20(10-19)16(11-26-21)7-8-30-13-18(12-28-30)29-24(31)22-23(33-14-27-22)15-3-2-4-17(25)9-15/h2-6,9-14,26H,7-8H2,1H3,(H,29,31). The van der Waals surface area contributed by atoms with Crippen molar-refractivity contribution in [1.29, 1.82) is 0 Å². The maximum absolute atomic E-state index is 12.8. The number of aryl methyl sites for hydroxylation is 2. The van der Waals surface area contributed by atoms with Gasteiger partial charge in [-0.3, -0.25) is 9.48 Å². The van der Waals surface area contributed by atoms with E-state index in [0.717, 1.165) is 23.1 Å². The van der Waals surface area contributed by atoms with Crippen molar-refractivity contribution in [2.24, 2.45) is 0 Å². The van der Waals surface area contributed by atoms with E-state index in [0.29, 0.717) is 28.6 Å². The molecule has 0 atom stereocenters. The third-order valence-electron chi connectivity index (χ3n) is 5.35. The van der Waals surface area contributed by atoms with Crippen molar-refractivity contribution in [3.8, 4) is 17.1 Å². The minimum Gasteiger partial charge on any atom is -0.497 e. The second-order valence-corrected chi connectivity index (χ2v) is 7.90. The summed E-state index contributed by atoms with van der Waals surface area (Å²) in [5.74, 6) is 0.789. The summed E-state index contributed by atoms with van der Waals surface area (Å²) < 4.78 is 12.6. The Morgan fingerprint density at radius 3 is 3.03 bits per heavy atom. The van der Waals surface area contributed by atoms with Crippen molar-refractivity contribution in [3.63, 3.8) is 0 Å². The van der Waals surface area contributed by atoms with Crippen LogP contribution in [0.15, 0.2) is 71.9 Å². The van der Waals surface area contributed by atoms with Gasteiger partial charge in [0.2, 0.25) is 0 Å². The van der Waals surface area contributed by atoms with Crippen LogP contribution in [0.3, 0.4) is 0 Å². The Bertz CT molecular complexity index is 1430. The number of rotatable bonds is 7. The second kappa shape index (κ2) is 8.84. The van der Waals surface area contributed by atoms with Crippen LogP contribution in [-0.2, 0) is 13.0 Å². The van der Waals surface area contributed by atoms with Gasteiger partial charge in [0.1, 0.15) is 5.75 Å². The average molecular weight is 462 g/mol. The van der Waals surface area contributed by atoms with Crippen LogP contribution in [0.25, 0.3) is 22.2 Å². The van der Waals surface area contributed by atoms with Crippen LogP contribution in [0.5, 0.6) is 5.75 Å². The van der Waals surface area contributed by atoms with Gasteiger partial charge in [-0.2, -0.15) is 5.10 Å². The lowest BCUT2D eigenvalue weighted by atomic mass is 10.1. The van der Waals surface area contributed by atoms with Gasteiger partial charge in [-0.25, -0.2) is 4.98 Å². The van der Waals surface area contributed by atoms with E-state index in [2.05, 4.69) is 20.4 Å². The van der Waals surface area contributed by atoms with Crippen LogP contribution >= 0.6 is 11.6 Å². The first-order valence-electron chi connectivity index (χ1n) is 10.3. The molecule has 3 heterocycles. The first kappa shape index (κ1) is 20.8. The number of carbonyl (C=O) groups excluding carboxylic acids is 1. The Morgan fingerprint density at radius 1 is 1.27 bits per heavy atom. The first-order chi connectivity index (χ1) is 16.1. The van der Waals surface area contributed by atoms with Gasteiger partial charge in [0.25, 0.3) is 5.91 Å². The van der Waals surface area contributed by atoms with Gasteiger partial charge < -0.3 is 19.5 Å². The van der Waals surface area contributed by atoms with E-state index in [1.807, 2.05) is 30.5 Å². The Morgan fingerprint density at radius 2 is 2.18 bits per heavy atom. The summed E-state index contributed by atoms with van der Waals surface area (Å²) in [5.41, 5.74) is 3.65. The molecule has 9 heteroatoms. The molecule has 0 aliphatic carbocycles. The molecule has 0 aliphatic heterocycles. The molecule has 33 heavy (non-hydrogen) atoms. The summed E-state index contributed by atoms with van der Waals surface area (Å²) in [6.45, 7) is 0.651. The number of aromatic nitrogens is 4. The number of hydrogen-bond donors (Lipinski definition) is 2. The Hall–Kier alpha value is -4.04. The zero-order chi connectivity index (χ0) is 22.8. The number of anilines is 1. The van der Waals surface area contributed by atoms with E-state index in [9.17, 15) is 4.79 Å². The molecule has 0 bridgehead atoms. The summed E-state index contributed by atoms with van der Waals surface area (Å²) in [7, 11) is 1.66. The number of amides is 1. The number of carbonyl (C=O) groups is 1. The van der Waals surface area contributed by atoms with E-state index < -0.39 is 0 Å². The number of ether oxygens (including phenoxy) is 1. The molecule has 3 aromatic heterocycles. The van der Waals surface area contributed by atoms with Crippen molar-refractivity contribution in [2.45, 2.75) is 13.0 Å². The molecule has 5 aromatic rings. The minimum absolute atomic E-state index is 0.178. The molecule has 1 amide bonds. The number of H-pyrrole nitrogens is 1. The molecule has 5 rings (SSSR count). The van der Waals surface area contributed by atoms with Crippen molar-refractivity contribution in [2.75, 3.05) is 12.4 Å². The Labute approximate surface area is 194 Å². The number of methoxy groups -OCH3 is 1. The third kappa shape index (κ3) is 4.33. The van der Waals surface area contributed by atoms with Crippen molar-refractivity contribution in [3.05, 3.63) is 83.7 Å². The molecule has 0 unspecified atom stereocenters. The molecule has 8 nitrogen and oxygen atoms in total. The van der Waals surface area contributed by atoms with Crippen LogP contribution in [0, 0.1) is 0 Å². The third-order valence-corrected chi connectivity index (χ3v) is 5.58. The molecule has 0 radical (unpaired) electrons. The van der Waals surface area contributed by atoms with Crippen LogP contribution in [-0.4, -0.2) is 32.8 Å². The number of oxazole rings is 1. The predicted molar refractivity (Wildman–Crippen MR) is 126 cm³/mol. The summed E-state index contributed by atoms with van der Waals surface area (Å²) in [5, 5.41) is 8.86. The quantitative estimate of drug-likeness (QED) is 0.348. The first-order valence-corrected chi connectivity index (χ1v) is 10.7. The van der Waals surface area contributed by atoms with Crippen LogP contribution in [0.1, 0.15) is 16.1 Å². The van der Waals surface area contributed by atoms with Gasteiger partial charge in [-0.15, -0.1) is 0 Å². The number of nitrogens with zero attached hydrogens (tertiary/aromatic N) is 3. The number of benzene rings is 2. The second-order valence-electron chi connectivity index (χ2n) is 7.46. The monoisotopic (exact) mass is 461 g/mol. The maximum Gasteiger partial charge on any atom is 0.278 e. The lowest BCUT2D eigenvalue weighted by Crippen LogP contribution is -2.13. The molecule has 166 valence electrons. The molecule has 2 aromatic carbocycles. The lowest BCUT2D eigenvalue weighted by Gasteiger charge is -2.04. The average Bonchev–Trinajstić information content (AvgIpc) is 3.57. The van der Waals surface area contributed by atoms with Crippen molar-refractivity contribution in [1.82, 2.24) is 19.7 Å². The molecule has 0 saturated carbocycles. The number of aromatic amines is 1. The molecule has 0 fully saturated rings. The van der Waals surface area contributed by atoms with Crippen LogP contribution < -0.4 is 10.1 Å². The van der Waals surface area contributed by atoms with Gasteiger partial charge in [-0.05, 0) is 42.3 Å². The molecular formula is C24H20ClN5O3. The fourth-order valence-corrected chi connectivity index (χ4v) is 3.90. The van der Waals surface area contributed by atoms with Crippen LogP contribution in [0.2, 0.25) is 5.02 Å².